The van der Waals surface area contributed by atoms with Gasteiger partial charge in [0, 0.05) is 18.9 Å². The Bertz CT molecular complexity index is 563. The highest BCUT2D eigenvalue weighted by atomic mass is 19.1. The lowest BCUT2D eigenvalue weighted by Crippen LogP contribution is -2.12. The lowest BCUT2D eigenvalue weighted by Gasteiger charge is -2.04. The zero-order chi connectivity index (χ0) is 13.1. The molecule has 2 aromatic rings. The SMILES string of the molecule is COc1nn(C)cc1C(=O)Nc1ccc(F)cc1. The van der Waals surface area contributed by atoms with E-state index >= 15 is 0 Å². The molecule has 0 bridgehead atoms. The van der Waals surface area contributed by atoms with Crippen LogP contribution in [-0.2, 0) is 7.05 Å². The molecule has 1 aromatic carbocycles. The van der Waals surface area contributed by atoms with Gasteiger partial charge in [-0.3, -0.25) is 9.48 Å². The quantitative estimate of drug-likeness (QED) is 0.902. The second kappa shape index (κ2) is 4.87. The van der Waals surface area contributed by atoms with Gasteiger partial charge < -0.3 is 10.1 Å². The number of hydrogen-bond donors (Lipinski definition) is 1. The molecule has 0 radical (unpaired) electrons. The molecule has 0 spiro atoms. The molecule has 94 valence electrons. The van der Waals surface area contributed by atoms with Crippen molar-refractivity contribution in [2.75, 3.05) is 12.4 Å². The Kier molecular flexibility index (Phi) is 3.27. The smallest absolute Gasteiger partial charge is 0.262 e. The van der Waals surface area contributed by atoms with Crippen molar-refractivity contribution in [3.05, 3.63) is 41.8 Å². The number of aryl methyl sites for hydroxylation is 1. The largest absolute Gasteiger partial charge is 0.479 e. The number of anilines is 1. The summed E-state index contributed by atoms with van der Waals surface area (Å²) in [5.41, 5.74) is 0.830. The first-order chi connectivity index (χ1) is 8.60. The van der Waals surface area contributed by atoms with Gasteiger partial charge >= 0.3 is 0 Å². The van der Waals surface area contributed by atoms with Crippen LogP contribution in [0.3, 0.4) is 0 Å². The molecule has 0 aliphatic heterocycles. The van der Waals surface area contributed by atoms with Crippen molar-refractivity contribution in [3.8, 4) is 5.88 Å². The summed E-state index contributed by atoms with van der Waals surface area (Å²) in [5, 5.41) is 6.61. The van der Waals surface area contributed by atoms with E-state index in [1.54, 1.807) is 13.2 Å². The fourth-order valence-electron chi connectivity index (χ4n) is 1.51. The van der Waals surface area contributed by atoms with Crippen LogP contribution in [0.15, 0.2) is 30.5 Å². The van der Waals surface area contributed by atoms with E-state index in [1.165, 1.54) is 36.1 Å². The predicted molar refractivity (Wildman–Crippen MR) is 64.1 cm³/mol. The number of hydrogen-bond acceptors (Lipinski definition) is 3. The molecule has 0 fully saturated rings. The Morgan fingerprint density at radius 1 is 1.39 bits per heavy atom. The van der Waals surface area contributed by atoms with Crippen molar-refractivity contribution < 1.29 is 13.9 Å². The zero-order valence-electron chi connectivity index (χ0n) is 9.98. The molecule has 2 rings (SSSR count). The number of halogens is 1. The van der Waals surface area contributed by atoms with Crippen LogP contribution < -0.4 is 10.1 Å². The lowest BCUT2D eigenvalue weighted by molar-refractivity contribution is 0.102. The molecule has 0 aliphatic carbocycles. The molecule has 6 heteroatoms. The van der Waals surface area contributed by atoms with Crippen LogP contribution in [0.2, 0.25) is 0 Å². The van der Waals surface area contributed by atoms with Gasteiger partial charge in [0.2, 0.25) is 5.88 Å². The zero-order valence-corrected chi connectivity index (χ0v) is 9.98. The third kappa shape index (κ3) is 2.48. The number of carbonyl (C=O) groups excluding carboxylic acids is 1. The fourth-order valence-corrected chi connectivity index (χ4v) is 1.51. The van der Waals surface area contributed by atoms with Crippen LogP contribution >= 0.6 is 0 Å². The molecule has 1 N–H and O–H groups in total. The summed E-state index contributed by atoms with van der Waals surface area (Å²) >= 11 is 0. The number of methoxy groups -OCH3 is 1. The summed E-state index contributed by atoms with van der Waals surface area (Å²) in [7, 11) is 3.13. The minimum Gasteiger partial charge on any atom is -0.479 e. The Morgan fingerprint density at radius 3 is 2.67 bits per heavy atom. The van der Waals surface area contributed by atoms with Gasteiger partial charge in [-0.1, -0.05) is 0 Å². The van der Waals surface area contributed by atoms with E-state index in [1.807, 2.05) is 0 Å². The highest BCUT2D eigenvalue weighted by Gasteiger charge is 2.16. The Hall–Kier alpha value is -2.37. The standard InChI is InChI=1S/C12H12FN3O2/c1-16-7-10(12(15-16)18-2)11(17)14-9-5-3-8(13)4-6-9/h3-7H,1-2H3,(H,14,17). The van der Waals surface area contributed by atoms with Crippen molar-refractivity contribution in [1.82, 2.24) is 9.78 Å². The number of nitrogens with zero attached hydrogens (tertiary/aromatic N) is 2. The summed E-state index contributed by atoms with van der Waals surface area (Å²) in [6.07, 6.45) is 1.55. The first kappa shape index (κ1) is 12.1. The molecule has 5 nitrogen and oxygen atoms in total. The first-order valence-electron chi connectivity index (χ1n) is 5.24. The molecule has 0 unspecified atom stereocenters. The van der Waals surface area contributed by atoms with Crippen LogP contribution in [0, 0.1) is 5.82 Å². The average Bonchev–Trinajstić information content (AvgIpc) is 2.73. The number of carbonyl (C=O) groups is 1. The number of aromatic nitrogens is 2. The number of benzene rings is 1. The molecule has 18 heavy (non-hydrogen) atoms. The summed E-state index contributed by atoms with van der Waals surface area (Å²) in [4.78, 5) is 12.0. The maximum Gasteiger partial charge on any atom is 0.262 e. The van der Waals surface area contributed by atoms with Gasteiger partial charge in [0.15, 0.2) is 0 Å². The maximum atomic E-state index is 12.7. The number of rotatable bonds is 3. The Balaban J connectivity index is 2.19. The third-order valence-electron chi connectivity index (χ3n) is 2.33. The first-order valence-corrected chi connectivity index (χ1v) is 5.24. The van der Waals surface area contributed by atoms with Crippen molar-refractivity contribution in [3.63, 3.8) is 0 Å². The van der Waals surface area contributed by atoms with Gasteiger partial charge in [-0.2, -0.15) is 0 Å². The van der Waals surface area contributed by atoms with Crippen LogP contribution in [0.25, 0.3) is 0 Å². The molecule has 0 saturated carbocycles. The monoisotopic (exact) mass is 249 g/mol. The Labute approximate surface area is 103 Å². The summed E-state index contributed by atoms with van der Waals surface area (Å²) in [6.45, 7) is 0. The van der Waals surface area contributed by atoms with Gasteiger partial charge in [0.05, 0.1) is 7.11 Å². The molecule has 1 aromatic heterocycles. The molecular formula is C12H12FN3O2. The second-order valence-corrected chi connectivity index (χ2v) is 3.69. The number of amides is 1. The summed E-state index contributed by atoms with van der Waals surface area (Å²) < 4.78 is 19.2. The van der Waals surface area contributed by atoms with E-state index in [0.29, 0.717) is 11.3 Å². The highest BCUT2D eigenvalue weighted by Crippen LogP contribution is 2.17. The van der Waals surface area contributed by atoms with Gasteiger partial charge in [-0.15, -0.1) is 5.10 Å². The molecular weight excluding hydrogens is 237 g/mol. The van der Waals surface area contributed by atoms with E-state index < -0.39 is 0 Å². The summed E-state index contributed by atoms with van der Waals surface area (Å²) in [5.74, 6) is -0.462. The number of nitrogens with one attached hydrogen (secondary N) is 1. The van der Waals surface area contributed by atoms with E-state index in [2.05, 4.69) is 10.4 Å². The average molecular weight is 249 g/mol. The predicted octanol–water partition coefficient (Wildman–Crippen LogP) is 1.82. The van der Waals surface area contributed by atoms with Gasteiger partial charge in [-0.05, 0) is 24.3 Å². The minimum absolute atomic E-state index is 0.247. The van der Waals surface area contributed by atoms with Crippen LogP contribution in [0.1, 0.15) is 10.4 Å². The highest BCUT2D eigenvalue weighted by molar-refractivity contribution is 6.05. The van der Waals surface area contributed by atoms with Gasteiger partial charge in [0.1, 0.15) is 11.4 Å². The third-order valence-corrected chi connectivity index (χ3v) is 2.33. The topological polar surface area (TPSA) is 56.2 Å². The second-order valence-electron chi connectivity index (χ2n) is 3.69. The van der Waals surface area contributed by atoms with Crippen molar-refractivity contribution in [1.29, 1.82) is 0 Å². The molecule has 0 saturated heterocycles. The van der Waals surface area contributed by atoms with Crippen molar-refractivity contribution in [2.45, 2.75) is 0 Å². The van der Waals surface area contributed by atoms with Crippen molar-refractivity contribution in [2.24, 2.45) is 7.05 Å². The molecule has 1 amide bonds. The van der Waals surface area contributed by atoms with Crippen LogP contribution in [-0.4, -0.2) is 22.8 Å². The maximum absolute atomic E-state index is 12.7. The van der Waals surface area contributed by atoms with E-state index in [4.69, 9.17) is 4.74 Å². The molecule has 1 heterocycles. The Morgan fingerprint density at radius 2 is 2.06 bits per heavy atom. The normalized spacial score (nSPS) is 10.2. The molecule has 0 atom stereocenters. The van der Waals surface area contributed by atoms with Gasteiger partial charge in [-0.25, -0.2) is 4.39 Å². The molecule has 0 aliphatic rings. The van der Waals surface area contributed by atoms with E-state index in [0.717, 1.165) is 0 Å². The fraction of sp³-hybridized carbons (Fsp3) is 0.167. The lowest BCUT2D eigenvalue weighted by atomic mass is 10.2. The van der Waals surface area contributed by atoms with Crippen LogP contribution in [0.4, 0.5) is 10.1 Å². The van der Waals surface area contributed by atoms with Crippen LogP contribution in [0.5, 0.6) is 5.88 Å². The van der Waals surface area contributed by atoms with Gasteiger partial charge in [0.25, 0.3) is 5.91 Å². The minimum atomic E-state index is -0.355. The van der Waals surface area contributed by atoms with Crippen molar-refractivity contribution >= 4 is 11.6 Å². The van der Waals surface area contributed by atoms with E-state index in [-0.39, 0.29) is 17.6 Å². The van der Waals surface area contributed by atoms with E-state index in [9.17, 15) is 9.18 Å². The number of ether oxygens (including phenoxy) is 1. The summed E-state index contributed by atoms with van der Waals surface area (Å²) in [6, 6.07) is 5.51.